The number of nitrogens with one attached hydrogen (secondary N) is 2. The Balaban J connectivity index is 1.23. The van der Waals surface area contributed by atoms with E-state index in [1.807, 2.05) is 0 Å². The minimum Gasteiger partial charge on any atom is -0.490 e. The van der Waals surface area contributed by atoms with Gasteiger partial charge in [-0.25, -0.2) is 8.78 Å². The molecule has 4 aromatic rings. The minimum absolute atomic E-state index is 0.00823. The number of hydrogen-bond acceptors (Lipinski definition) is 5. The van der Waals surface area contributed by atoms with Crippen molar-refractivity contribution in [3.8, 4) is 11.5 Å². The Kier molecular flexibility index (Phi) is 6.81. The predicted octanol–water partition coefficient (Wildman–Crippen LogP) is 5.15. The number of aromatic nitrogens is 2. The van der Waals surface area contributed by atoms with Crippen molar-refractivity contribution in [1.29, 1.82) is 0 Å². The Labute approximate surface area is 207 Å². The van der Waals surface area contributed by atoms with Gasteiger partial charge in [0, 0.05) is 30.1 Å². The zero-order chi connectivity index (χ0) is 25.1. The van der Waals surface area contributed by atoms with Crippen molar-refractivity contribution in [2.75, 3.05) is 25.5 Å². The molecule has 9 heteroatoms. The van der Waals surface area contributed by atoms with Gasteiger partial charge >= 0.3 is 0 Å². The summed E-state index contributed by atoms with van der Waals surface area (Å²) in [6.45, 7) is 2.02. The normalized spacial score (nSPS) is 14.6. The predicted molar refractivity (Wildman–Crippen MR) is 132 cm³/mol. The maximum Gasteiger partial charge on any atom is 0.256 e. The Morgan fingerprint density at radius 1 is 1.03 bits per heavy atom. The number of hydrogen-bond donors (Lipinski definition) is 2. The number of nitrogens with zero attached hydrogens (tertiary/aromatic N) is 2. The van der Waals surface area contributed by atoms with E-state index in [2.05, 4.69) is 27.5 Å². The van der Waals surface area contributed by atoms with Gasteiger partial charge in [0.25, 0.3) is 5.91 Å². The largest absolute Gasteiger partial charge is 0.490 e. The fourth-order valence-electron chi connectivity index (χ4n) is 4.20. The second-order valence-electron chi connectivity index (χ2n) is 8.94. The molecule has 5 rings (SSSR count). The number of rotatable bonds is 7. The van der Waals surface area contributed by atoms with Crippen LogP contribution in [0.15, 0.2) is 60.7 Å². The number of benzene rings is 3. The van der Waals surface area contributed by atoms with Crippen LogP contribution >= 0.6 is 0 Å². The molecule has 1 aliphatic rings. The lowest BCUT2D eigenvalue weighted by Crippen LogP contribution is -2.35. The van der Waals surface area contributed by atoms with Crippen LogP contribution in [0.25, 0.3) is 10.9 Å². The molecule has 0 atom stereocenters. The lowest BCUT2D eigenvalue weighted by atomic mass is 10.1. The van der Waals surface area contributed by atoms with Gasteiger partial charge in [-0.1, -0.05) is 0 Å². The number of anilines is 1. The summed E-state index contributed by atoms with van der Waals surface area (Å²) in [7, 11) is 2.11. The number of carbonyl (C=O) groups is 1. The number of aromatic amines is 1. The van der Waals surface area contributed by atoms with Crippen LogP contribution in [0.1, 0.15) is 28.8 Å². The molecule has 186 valence electrons. The average Bonchev–Trinajstić information content (AvgIpc) is 3.26. The molecule has 1 aliphatic heterocycles. The van der Waals surface area contributed by atoms with Gasteiger partial charge in [0.05, 0.1) is 5.52 Å². The first kappa shape index (κ1) is 23.7. The Hall–Kier alpha value is -3.98. The molecule has 0 radical (unpaired) electrons. The highest BCUT2D eigenvalue weighted by Crippen LogP contribution is 2.27. The summed E-state index contributed by atoms with van der Waals surface area (Å²) >= 11 is 0. The average molecular weight is 493 g/mol. The quantitative estimate of drug-likeness (QED) is 0.373. The van der Waals surface area contributed by atoms with Crippen LogP contribution in [0, 0.1) is 11.6 Å². The zero-order valence-corrected chi connectivity index (χ0v) is 19.8. The van der Waals surface area contributed by atoms with E-state index in [1.54, 1.807) is 42.5 Å². The summed E-state index contributed by atoms with van der Waals surface area (Å²) in [5.41, 5.74) is 1.55. The van der Waals surface area contributed by atoms with Gasteiger partial charge in [-0.05, 0) is 80.1 Å². The number of carbonyl (C=O) groups excluding carboxylic acids is 1. The summed E-state index contributed by atoms with van der Waals surface area (Å²) in [5.74, 6) is -0.0685. The van der Waals surface area contributed by atoms with Crippen molar-refractivity contribution in [3.63, 3.8) is 0 Å². The van der Waals surface area contributed by atoms with E-state index < -0.39 is 11.6 Å². The highest BCUT2D eigenvalue weighted by Gasteiger charge is 2.18. The number of ether oxygens (including phenoxy) is 2. The van der Waals surface area contributed by atoms with Gasteiger partial charge < -0.3 is 19.7 Å². The highest BCUT2D eigenvalue weighted by molar-refractivity contribution is 6.08. The molecular weight excluding hydrogens is 466 g/mol. The SMILES string of the molecule is CN1CCC(Oc2ccc(C(=O)Nc3n[nH]c4ccc(OCc5cc(F)cc(F)c5)cc34)cc2)CC1. The molecule has 0 saturated carbocycles. The molecule has 7 nitrogen and oxygen atoms in total. The van der Waals surface area contributed by atoms with Crippen molar-refractivity contribution in [1.82, 2.24) is 15.1 Å². The van der Waals surface area contributed by atoms with Gasteiger partial charge in [-0.3, -0.25) is 9.89 Å². The molecule has 1 amide bonds. The van der Waals surface area contributed by atoms with Crippen LogP contribution < -0.4 is 14.8 Å². The van der Waals surface area contributed by atoms with Gasteiger partial charge in [-0.15, -0.1) is 0 Å². The first-order valence-electron chi connectivity index (χ1n) is 11.8. The van der Waals surface area contributed by atoms with Crippen LogP contribution in [0.3, 0.4) is 0 Å². The van der Waals surface area contributed by atoms with Crippen molar-refractivity contribution < 1.29 is 23.0 Å². The Bertz CT molecular complexity index is 1350. The molecule has 0 aliphatic carbocycles. The van der Waals surface area contributed by atoms with Gasteiger partial charge in [0.15, 0.2) is 5.82 Å². The third-order valence-corrected chi connectivity index (χ3v) is 6.18. The van der Waals surface area contributed by atoms with Crippen molar-refractivity contribution in [3.05, 3.63) is 83.4 Å². The summed E-state index contributed by atoms with van der Waals surface area (Å²) < 4.78 is 38.6. The molecule has 1 saturated heterocycles. The number of fused-ring (bicyclic) bond motifs is 1. The van der Waals surface area contributed by atoms with E-state index in [9.17, 15) is 13.6 Å². The van der Waals surface area contributed by atoms with Gasteiger partial charge in [0.2, 0.25) is 0 Å². The number of amides is 1. The van der Waals surface area contributed by atoms with Crippen molar-refractivity contribution in [2.45, 2.75) is 25.6 Å². The fourth-order valence-corrected chi connectivity index (χ4v) is 4.20. The third-order valence-electron chi connectivity index (χ3n) is 6.18. The van der Waals surface area contributed by atoms with E-state index in [0.29, 0.717) is 33.6 Å². The zero-order valence-electron chi connectivity index (χ0n) is 19.8. The molecule has 3 aromatic carbocycles. The van der Waals surface area contributed by atoms with Crippen LogP contribution in [0.4, 0.5) is 14.6 Å². The maximum absolute atomic E-state index is 13.4. The summed E-state index contributed by atoms with van der Waals surface area (Å²) in [4.78, 5) is 15.1. The molecular formula is C27H26F2N4O3. The topological polar surface area (TPSA) is 79.5 Å². The second kappa shape index (κ2) is 10.3. The Morgan fingerprint density at radius 2 is 1.72 bits per heavy atom. The fraction of sp³-hybridized carbons (Fsp3) is 0.259. The molecule has 1 fully saturated rings. The van der Waals surface area contributed by atoms with Crippen LogP contribution in [0.2, 0.25) is 0 Å². The first-order valence-corrected chi connectivity index (χ1v) is 11.8. The summed E-state index contributed by atoms with van der Waals surface area (Å²) in [6.07, 6.45) is 2.15. The maximum atomic E-state index is 13.4. The number of likely N-dealkylation sites (tertiary alicyclic amines) is 1. The van der Waals surface area contributed by atoms with Crippen LogP contribution in [-0.4, -0.2) is 47.2 Å². The van der Waals surface area contributed by atoms with Crippen molar-refractivity contribution in [2.24, 2.45) is 0 Å². The highest BCUT2D eigenvalue weighted by atomic mass is 19.1. The van der Waals surface area contributed by atoms with E-state index >= 15 is 0 Å². The van der Waals surface area contributed by atoms with E-state index in [1.165, 1.54) is 12.1 Å². The molecule has 2 heterocycles. The lowest BCUT2D eigenvalue weighted by molar-refractivity contribution is 0.102. The third kappa shape index (κ3) is 5.63. The smallest absolute Gasteiger partial charge is 0.256 e. The second-order valence-corrected chi connectivity index (χ2v) is 8.94. The van der Waals surface area contributed by atoms with E-state index in [0.717, 1.165) is 37.7 Å². The van der Waals surface area contributed by atoms with Gasteiger partial charge in [0.1, 0.15) is 35.8 Å². The first-order chi connectivity index (χ1) is 17.4. The van der Waals surface area contributed by atoms with Crippen molar-refractivity contribution >= 4 is 22.6 Å². The monoisotopic (exact) mass is 492 g/mol. The number of halogens is 2. The molecule has 0 unspecified atom stereocenters. The molecule has 1 aromatic heterocycles. The van der Waals surface area contributed by atoms with E-state index in [-0.39, 0.29) is 18.6 Å². The lowest BCUT2D eigenvalue weighted by Gasteiger charge is -2.29. The van der Waals surface area contributed by atoms with Crippen LogP contribution in [-0.2, 0) is 6.61 Å². The molecule has 0 bridgehead atoms. The summed E-state index contributed by atoms with van der Waals surface area (Å²) in [5, 5.41) is 10.5. The minimum atomic E-state index is -0.662. The molecule has 36 heavy (non-hydrogen) atoms. The summed E-state index contributed by atoms with van der Waals surface area (Å²) in [6, 6.07) is 15.5. The number of H-pyrrole nitrogens is 1. The molecule has 0 spiro atoms. The van der Waals surface area contributed by atoms with Crippen LogP contribution in [0.5, 0.6) is 11.5 Å². The standard InChI is InChI=1S/C27H26F2N4O3/c1-33-10-8-22(9-11-33)36-21-4-2-18(3-5-21)27(34)30-26-24-15-23(6-7-25(24)31-32-26)35-16-17-12-19(28)14-20(29)13-17/h2-7,12-15,22H,8-11,16H2,1H3,(H2,30,31,32,34). The Morgan fingerprint density at radius 3 is 2.44 bits per heavy atom. The van der Waals surface area contributed by atoms with E-state index in [4.69, 9.17) is 9.47 Å². The molecule has 2 N–H and O–H groups in total. The number of piperidine rings is 1. The van der Waals surface area contributed by atoms with Gasteiger partial charge in [-0.2, -0.15) is 5.10 Å².